The van der Waals surface area contributed by atoms with Crippen molar-refractivity contribution in [3.05, 3.63) is 15.6 Å². The molecule has 2 nitrogen and oxygen atoms in total. The molecule has 20 heavy (non-hydrogen) atoms. The van der Waals surface area contributed by atoms with Gasteiger partial charge in [-0.05, 0) is 57.4 Å². The highest BCUT2D eigenvalue weighted by molar-refractivity contribution is 7.12. The van der Waals surface area contributed by atoms with E-state index in [1.807, 2.05) is 11.3 Å². The van der Waals surface area contributed by atoms with Crippen LogP contribution >= 0.6 is 11.3 Å². The van der Waals surface area contributed by atoms with Crippen LogP contribution in [0, 0.1) is 5.92 Å². The SMILES string of the molecule is CCNC1CCCc2nc(C3CCC(CC)CC3)sc21. The van der Waals surface area contributed by atoms with Gasteiger partial charge < -0.3 is 5.32 Å². The summed E-state index contributed by atoms with van der Waals surface area (Å²) in [6, 6.07) is 0.585. The van der Waals surface area contributed by atoms with Gasteiger partial charge in [0.2, 0.25) is 0 Å². The van der Waals surface area contributed by atoms with E-state index in [4.69, 9.17) is 4.98 Å². The van der Waals surface area contributed by atoms with Gasteiger partial charge in [0.05, 0.1) is 10.7 Å². The summed E-state index contributed by atoms with van der Waals surface area (Å²) in [6.45, 7) is 5.62. The van der Waals surface area contributed by atoms with Crippen LogP contribution in [-0.4, -0.2) is 11.5 Å². The van der Waals surface area contributed by atoms with Crippen LogP contribution in [0.3, 0.4) is 0 Å². The van der Waals surface area contributed by atoms with E-state index >= 15 is 0 Å². The van der Waals surface area contributed by atoms with Gasteiger partial charge in [0.25, 0.3) is 0 Å². The number of hydrogen-bond acceptors (Lipinski definition) is 3. The molecule has 0 bridgehead atoms. The third-order valence-corrected chi connectivity index (χ3v) is 6.56. The molecule has 1 N–H and O–H groups in total. The van der Waals surface area contributed by atoms with E-state index in [0.29, 0.717) is 6.04 Å². The summed E-state index contributed by atoms with van der Waals surface area (Å²) in [6.07, 6.45) is 10.8. The number of thiazole rings is 1. The number of fused-ring (bicyclic) bond motifs is 1. The fourth-order valence-electron chi connectivity index (χ4n) is 3.87. The van der Waals surface area contributed by atoms with E-state index in [1.165, 1.54) is 62.1 Å². The molecule has 1 aromatic heterocycles. The van der Waals surface area contributed by atoms with Crippen molar-refractivity contribution in [3.8, 4) is 0 Å². The smallest absolute Gasteiger partial charge is 0.0962 e. The molecule has 3 heteroatoms. The van der Waals surface area contributed by atoms with Gasteiger partial charge in [-0.1, -0.05) is 20.3 Å². The Kier molecular flexibility index (Phi) is 4.77. The van der Waals surface area contributed by atoms with Crippen molar-refractivity contribution >= 4 is 11.3 Å². The number of aryl methyl sites for hydroxylation is 1. The summed E-state index contributed by atoms with van der Waals surface area (Å²) >= 11 is 2.03. The molecule has 1 atom stereocenters. The van der Waals surface area contributed by atoms with Gasteiger partial charge in [0.15, 0.2) is 0 Å². The summed E-state index contributed by atoms with van der Waals surface area (Å²) in [7, 11) is 0. The fourth-order valence-corrected chi connectivity index (χ4v) is 5.26. The molecule has 2 aliphatic rings. The molecule has 112 valence electrons. The van der Waals surface area contributed by atoms with E-state index < -0.39 is 0 Å². The largest absolute Gasteiger partial charge is 0.309 e. The Morgan fingerprint density at radius 2 is 1.95 bits per heavy atom. The summed E-state index contributed by atoms with van der Waals surface area (Å²) in [5.41, 5.74) is 1.42. The second-order valence-electron chi connectivity index (χ2n) is 6.49. The zero-order chi connectivity index (χ0) is 13.9. The van der Waals surface area contributed by atoms with E-state index in [-0.39, 0.29) is 0 Å². The van der Waals surface area contributed by atoms with Gasteiger partial charge in [0, 0.05) is 16.8 Å². The van der Waals surface area contributed by atoms with E-state index in [1.54, 1.807) is 4.88 Å². The summed E-state index contributed by atoms with van der Waals surface area (Å²) in [5, 5.41) is 5.10. The van der Waals surface area contributed by atoms with E-state index in [2.05, 4.69) is 19.2 Å². The normalized spacial score (nSPS) is 30.2. The first-order valence-electron chi connectivity index (χ1n) is 8.54. The highest BCUT2D eigenvalue weighted by atomic mass is 32.1. The molecule has 0 amide bonds. The second-order valence-corrected chi connectivity index (χ2v) is 7.55. The zero-order valence-corrected chi connectivity index (χ0v) is 13.8. The molecular weight excluding hydrogens is 264 g/mol. The zero-order valence-electron chi connectivity index (χ0n) is 13.0. The monoisotopic (exact) mass is 292 g/mol. The fraction of sp³-hybridized carbons (Fsp3) is 0.824. The van der Waals surface area contributed by atoms with E-state index in [0.717, 1.165) is 18.4 Å². The van der Waals surface area contributed by atoms with Crippen molar-refractivity contribution in [3.63, 3.8) is 0 Å². The molecule has 0 aliphatic heterocycles. The molecule has 1 unspecified atom stereocenters. The quantitative estimate of drug-likeness (QED) is 0.861. The Balaban J connectivity index is 1.72. The van der Waals surface area contributed by atoms with Crippen LogP contribution in [0.5, 0.6) is 0 Å². The van der Waals surface area contributed by atoms with Crippen molar-refractivity contribution in [2.24, 2.45) is 5.92 Å². The van der Waals surface area contributed by atoms with Gasteiger partial charge in [-0.15, -0.1) is 11.3 Å². The Bertz CT molecular complexity index is 432. The number of rotatable bonds is 4. The average Bonchev–Trinajstić information content (AvgIpc) is 2.93. The Morgan fingerprint density at radius 3 is 2.65 bits per heavy atom. The highest BCUT2D eigenvalue weighted by Crippen LogP contribution is 2.42. The van der Waals surface area contributed by atoms with Gasteiger partial charge >= 0.3 is 0 Å². The maximum atomic E-state index is 5.04. The summed E-state index contributed by atoms with van der Waals surface area (Å²) in [4.78, 5) is 6.60. The van der Waals surface area contributed by atoms with Gasteiger partial charge in [-0.2, -0.15) is 0 Å². The maximum absolute atomic E-state index is 5.04. The van der Waals surface area contributed by atoms with Crippen molar-refractivity contribution < 1.29 is 0 Å². The van der Waals surface area contributed by atoms with Crippen LogP contribution < -0.4 is 5.32 Å². The van der Waals surface area contributed by atoms with Gasteiger partial charge in [0.1, 0.15) is 0 Å². The van der Waals surface area contributed by atoms with Gasteiger partial charge in [-0.25, -0.2) is 4.98 Å². The van der Waals surface area contributed by atoms with Crippen LogP contribution in [0.4, 0.5) is 0 Å². The van der Waals surface area contributed by atoms with Crippen LogP contribution in [0.2, 0.25) is 0 Å². The minimum Gasteiger partial charge on any atom is -0.309 e. The van der Waals surface area contributed by atoms with Crippen LogP contribution in [0.25, 0.3) is 0 Å². The number of nitrogens with one attached hydrogen (secondary N) is 1. The van der Waals surface area contributed by atoms with Crippen molar-refractivity contribution in [1.82, 2.24) is 10.3 Å². The lowest BCUT2D eigenvalue weighted by Gasteiger charge is -2.26. The maximum Gasteiger partial charge on any atom is 0.0962 e. The predicted molar refractivity (Wildman–Crippen MR) is 86.5 cm³/mol. The first kappa shape index (κ1) is 14.5. The lowest BCUT2D eigenvalue weighted by Crippen LogP contribution is -2.23. The lowest BCUT2D eigenvalue weighted by atomic mass is 9.81. The van der Waals surface area contributed by atoms with E-state index in [9.17, 15) is 0 Å². The molecule has 1 heterocycles. The lowest BCUT2D eigenvalue weighted by molar-refractivity contribution is 0.318. The molecule has 3 rings (SSSR count). The third-order valence-electron chi connectivity index (χ3n) is 5.19. The molecule has 1 aromatic rings. The number of nitrogens with zero attached hydrogens (tertiary/aromatic N) is 1. The Morgan fingerprint density at radius 1 is 1.15 bits per heavy atom. The topological polar surface area (TPSA) is 24.9 Å². The molecule has 0 aromatic carbocycles. The Hall–Kier alpha value is -0.410. The van der Waals surface area contributed by atoms with Crippen molar-refractivity contribution in [2.75, 3.05) is 6.54 Å². The summed E-state index contributed by atoms with van der Waals surface area (Å²) < 4.78 is 0. The van der Waals surface area contributed by atoms with Gasteiger partial charge in [-0.3, -0.25) is 0 Å². The molecule has 1 saturated carbocycles. The van der Waals surface area contributed by atoms with Crippen LogP contribution in [0.15, 0.2) is 0 Å². The molecule has 1 fully saturated rings. The first-order chi connectivity index (χ1) is 9.81. The first-order valence-corrected chi connectivity index (χ1v) is 9.36. The van der Waals surface area contributed by atoms with Crippen LogP contribution in [-0.2, 0) is 6.42 Å². The van der Waals surface area contributed by atoms with Crippen molar-refractivity contribution in [1.29, 1.82) is 0 Å². The molecule has 2 aliphatic carbocycles. The minimum atomic E-state index is 0.585. The second kappa shape index (κ2) is 6.57. The minimum absolute atomic E-state index is 0.585. The third kappa shape index (κ3) is 2.94. The average molecular weight is 292 g/mol. The predicted octanol–water partition coefficient (Wildman–Crippen LogP) is 4.81. The molecule has 0 saturated heterocycles. The number of hydrogen-bond donors (Lipinski definition) is 1. The highest BCUT2D eigenvalue weighted by Gasteiger charge is 2.28. The molecule has 0 spiro atoms. The standard InChI is InChI=1S/C17H28N2S/c1-3-12-8-10-13(11-9-12)17-19-15-7-5-6-14(18-4-2)16(15)20-17/h12-14,18H,3-11H2,1-2H3. The molecule has 0 radical (unpaired) electrons. The number of aromatic nitrogens is 1. The molecular formula is C17H28N2S. The Labute approximate surface area is 127 Å². The van der Waals surface area contributed by atoms with Crippen molar-refractivity contribution in [2.45, 2.75) is 77.2 Å². The van der Waals surface area contributed by atoms with Crippen LogP contribution in [0.1, 0.15) is 86.3 Å². The summed E-state index contributed by atoms with van der Waals surface area (Å²) in [5.74, 6) is 1.74.